The van der Waals surface area contributed by atoms with Gasteiger partial charge in [-0.1, -0.05) is 54.0 Å². The molecule has 166 valence electrons. The third kappa shape index (κ3) is 5.58. The van der Waals surface area contributed by atoms with Gasteiger partial charge in [-0.3, -0.25) is 0 Å². The molecular weight excluding hydrogens is 429 g/mol. The van der Waals surface area contributed by atoms with Gasteiger partial charge in [0.25, 0.3) is 0 Å². The average molecular weight is 451 g/mol. The summed E-state index contributed by atoms with van der Waals surface area (Å²) in [7, 11) is 0. The van der Waals surface area contributed by atoms with Crippen molar-refractivity contribution in [2.45, 2.75) is 19.8 Å². The summed E-state index contributed by atoms with van der Waals surface area (Å²) < 4.78 is 41.5. The van der Waals surface area contributed by atoms with Crippen LogP contribution >= 0.6 is 0 Å². The fourth-order valence-corrected chi connectivity index (χ4v) is 3.50. The molecule has 0 unspecified atom stereocenters. The summed E-state index contributed by atoms with van der Waals surface area (Å²) in [6.45, 7) is 1.97. The highest BCUT2D eigenvalue weighted by molar-refractivity contribution is 5.84. The number of halogens is 3. The van der Waals surface area contributed by atoms with Gasteiger partial charge in [0.05, 0.1) is 5.56 Å². The second-order valence-corrected chi connectivity index (χ2v) is 7.80. The largest absolute Gasteiger partial charge is 0.206 e. The lowest BCUT2D eigenvalue weighted by molar-refractivity contribution is 0.517. The molecule has 0 aromatic heterocycles. The molecule has 0 radical (unpaired) electrons. The van der Waals surface area contributed by atoms with E-state index in [2.05, 4.69) is 29.8 Å². The van der Waals surface area contributed by atoms with Crippen molar-refractivity contribution in [2.75, 3.05) is 0 Å². The van der Waals surface area contributed by atoms with E-state index in [0.717, 1.165) is 35.6 Å². The summed E-state index contributed by atoms with van der Waals surface area (Å²) in [5.41, 5.74) is 3.56. The Morgan fingerprint density at radius 2 is 1.35 bits per heavy atom. The van der Waals surface area contributed by atoms with Crippen molar-refractivity contribution >= 4 is 10.8 Å². The molecule has 34 heavy (non-hydrogen) atoms. The first-order valence-electron chi connectivity index (χ1n) is 10.9. The van der Waals surface area contributed by atoms with E-state index in [0.29, 0.717) is 16.5 Å². The second kappa shape index (κ2) is 10.6. The zero-order valence-corrected chi connectivity index (χ0v) is 18.6. The van der Waals surface area contributed by atoms with Crippen LogP contribution in [0.3, 0.4) is 0 Å². The van der Waals surface area contributed by atoms with Crippen LogP contribution in [-0.2, 0) is 6.42 Å². The maximum Gasteiger partial charge on any atom is 0.166 e. The van der Waals surface area contributed by atoms with Gasteiger partial charge in [-0.05, 0) is 85.3 Å². The van der Waals surface area contributed by atoms with Crippen molar-refractivity contribution in [3.63, 3.8) is 0 Å². The highest BCUT2D eigenvalue weighted by atomic mass is 19.2. The molecule has 0 N–H and O–H groups in total. The molecule has 0 aliphatic carbocycles. The molecule has 0 saturated heterocycles. The third-order valence-corrected chi connectivity index (χ3v) is 5.35. The lowest BCUT2D eigenvalue weighted by atomic mass is 10.1. The van der Waals surface area contributed by atoms with Gasteiger partial charge in [0.1, 0.15) is 5.82 Å². The fraction of sp³-hybridized carbons (Fsp3) is 0.0968. The first-order valence-corrected chi connectivity index (χ1v) is 10.9. The number of hydrogen-bond donors (Lipinski definition) is 0. The Labute approximate surface area is 197 Å². The van der Waals surface area contributed by atoms with E-state index in [4.69, 9.17) is 0 Å². The number of hydrogen-bond acceptors (Lipinski definition) is 0. The van der Waals surface area contributed by atoms with Crippen LogP contribution in [0, 0.1) is 41.1 Å². The molecule has 0 saturated carbocycles. The molecular formula is C31H21F3. The SMILES string of the molecule is C/C=C/CCc1ccc(C#Cc2ccc(C#Cc3ccc4c(F)c(F)ccc4c3)cc2)c(F)c1. The van der Waals surface area contributed by atoms with Crippen LogP contribution in [0.1, 0.15) is 41.2 Å². The van der Waals surface area contributed by atoms with Crippen LogP contribution in [0.4, 0.5) is 13.2 Å². The van der Waals surface area contributed by atoms with Gasteiger partial charge < -0.3 is 0 Å². The number of fused-ring (bicyclic) bond motifs is 1. The van der Waals surface area contributed by atoms with Crippen LogP contribution in [0.2, 0.25) is 0 Å². The van der Waals surface area contributed by atoms with Gasteiger partial charge in [-0.25, -0.2) is 13.2 Å². The maximum absolute atomic E-state index is 14.3. The maximum atomic E-state index is 14.3. The lowest BCUT2D eigenvalue weighted by Crippen LogP contribution is -1.89. The predicted molar refractivity (Wildman–Crippen MR) is 132 cm³/mol. The second-order valence-electron chi connectivity index (χ2n) is 7.80. The lowest BCUT2D eigenvalue weighted by Gasteiger charge is -2.01. The van der Waals surface area contributed by atoms with Gasteiger partial charge in [0, 0.05) is 22.1 Å². The van der Waals surface area contributed by atoms with Crippen LogP contribution in [0.25, 0.3) is 10.8 Å². The molecule has 0 aliphatic rings. The van der Waals surface area contributed by atoms with Crippen molar-refractivity contribution in [2.24, 2.45) is 0 Å². The first kappa shape index (κ1) is 23.0. The molecule has 0 heterocycles. The minimum absolute atomic E-state index is 0.230. The van der Waals surface area contributed by atoms with Crippen molar-refractivity contribution in [1.29, 1.82) is 0 Å². The smallest absolute Gasteiger partial charge is 0.166 e. The molecule has 3 heteroatoms. The fourth-order valence-electron chi connectivity index (χ4n) is 3.50. The van der Waals surface area contributed by atoms with E-state index in [-0.39, 0.29) is 11.2 Å². The Morgan fingerprint density at radius 1 is 0.676 bits per heavy atom. The molecule has 0 spiro atoms. The van der Waals surface area contributed by atoms with Gasteiger partial charge >= 0.3 is 0 Å². The Morgan fingerprint density at radius 3 is 2.06 bits per heavy atom. The van der Waals surface area contributed by atoms with Gasteiger partial charge in [0.15, 0.2) is 11.6 Å². The molecule has 0 nitrogen and oxygen atoms in total. The molecule has 0 bridgehead atoms. The first-order chi connectivity index (χ1) is 16.5. The van der Waals surface area contributed by atoms with Crippen molar-refractivity contribution in [3.05, 3.63) is 130 Å². The highest BCUT2D eigenvalue weighted by Crippen LogP contribution is 2.21. The van der Waals surface area contributed by atoms with Crippen molar-refractivity contribution in [3.8, 4) is 23.7 Å². The van der Waals surface area contributed by atoms with E-state index >= 15 is 0 Å². The summed E-state index contributed by atoms with van der Waals surface area (Å²) in [6.07, 6.45) is 5.73. The monoisotopic (exact) mass is 450 g/mol. The van der Waals surface area contributed by atoms with E-state index in [9.17, 15) is 13.2 Å². The van der Waals surface area contributed by atoms with Crippen LogP contribution in [0.15, 0.2) is 84.9 Å². The zero-order valence-electron chi connectivity index (χ0n) is 18.6. The molecule has 4 rings (SSSR count). The summed E-state index contributed by atoms with van der Waals surface area (Å²) >= 11 is 0. The van der Waals surface area contributed by atoms with Gasteiger partial charge in [0.2, 0.25) is 0 Å². The van der Waals surface area contributed by atoms with Crippen LogP contribution < -0.4 is 0 Å². The predicted octanol–water partition coefficient (Wildman–Crippen LogP) is 7.57. The third-order valence-electron chi connectivity index (χ3n) is 5.35. The summed E-state index contributed by atoms with van der Waals surface area (Å²) in [6, 6.07) is 20.1. The molecule has 0 atom stereocenters. The van der Waals surface area contributed by atoms with Crippen LogP contribution in [0.5, 0.6) is 0 Å². The molecule has 0 fully saturated rings. The van der Waals surface area contributed by atoms with Gasteiger partial charge in [-0.2, -0.15) is 0 Å². The number of allylic oxidation sites excluding steroid dienone is 2. The minimum Gasteiger partial charge on any atom is -0.206 e. The highest BCUT2D eigenvalue weighted by Gasteiger charge is 2.06. The number of aryl methyl sites for hydroxylation is 1. The van der Waals surface area contributed by atoms with Crippen molar-refractivity contribution in [1.82, 2.24) is 0 Å². The summed E-state index contributed by atoms with van der Waals surface area (Å²) in [5.74, 6) is 9.95. The Bertz CT molecular complexity index is 1490. The van der Waals surface area contributed by atoms with Gasteiger partial charge in [-0.15, -0.1) is 0 Å². The molecule has 4 aromatic carbocycles. The molecule has 0 amide bonds. The average Bonchev–Trinajstić information content (AvgIpc) is 2.85. The topological polar surface area (TPSA) is 0 Å². The van der Waals surface area contributed by atoms with Crippen molar-refractivity contribution < 1.29 is 13.2 Å². The normalized spacial score (nSPS) is 10.6. The van der Waals surface area contributed by atoms with E-state index < -0.39 is 11.6 Å². The molecule has 4 aromatic rings. The minimum atomic E-state index is -0.866. The van der Waals surface area contributed by atoms with E-state index in [1.807, 2.05) is 43.3 Å². The summed E-state index contributed by atoms with van der Waals surface area (Å²) in [5, 5.41) is 0.822. The standard InChI is InChI=1S/C31H21F3/c1-2-3-4-5-24-13-16-26(30(33)21-24)15-12-23-8-6-22(7-9-23)10-11-25-14-18-28-27(20-25)17-19-29(32)31(28)34/h2-3,6-9,13-14,16-21H,4-5H2,1H3/b3-2+. The van der Waals surface area contributed by atoms with E-state index in [1.165, 1.54) is 12.1 Å². The quantitative estimate of drug-likeness (QED) is 0.223. The molecule has 0 aliphatic heterocycles. The Kier molecular flexibility index (Phi) is 7.16. The Hall–Kier alpha value is -4.21. The number of rotatable bonds is 3. The zero-order chi connectivity index (χ0) is 23.9. The van der Waals surface area contributed by atoms with Crippen LogP contribution in [-0.4, -0.2) is 0 Å². The number of benzene rings is 4. The Balaban J connectivity index is 1.46. The summed E-state index contributed by atoms with van der Waals surface area (Å²) in [4.78, 5) is 0. The van der Waals surface area contributed by atoms with E-state index in [1.54, 1.807) is 24.3 Å².